The van der Waals surface area contributed by atoms with Crippen LogP contribution in [-0.4, -0.2) is 202 Å². The molecule has 1 unspecified atom stereocenters. The highest BCUT2D eigenvalue weighted by Gasteiger charge is 2.53. The van der Waals surface area contributed by atoms with E-state index in [0.29, 0.717) is 28.5 Å². The van der Waals surface area contributed by atoms with Gasteiger partial charge in [0.2, 0.25) is 0 Å². The van der Waals surface area contributed by atoms with Gasteiger partial charge in [-0.05, 0) is 113 Å². The first-order chi connectivity index (χ1) is 36.8. The third-order valence-electron chi connectivity index (χ3n) is 11.1. The van der Waals surface area contributed by atoms with Crippen molar-refractivity contribution < 1.29 is 63.4 Å². The van der Waals surface area contributed by atoms with Gasteiger partial charge in [-0.3, -0.25) is 24.5 Å². The number of thioether (sulfide) groups is 1. The second-order valence-electron chi connectivity index (χ2n) is 17.7. The number of aliphatic hydroxyl groups excluding tert-OH is 2. The number of cyclic esters (lactones) is 1. The van der Waals surface area contributed by atoms with Crippen molar-refractivity contribution in [3.05, 3.63) is 104 Å². The fourth-order valence-electron chi connectivity index (χ4n) is 5.28. The number of amides is 2. The number of rotatable bonds is 2. The maximum atomic E-state index is 11.2. The summed E-state index contributed by atoms with van der Waals surface area (Å²) in [7, 11) is -0.962. The number of ether oxygens (including phenoxy) is 1. The van der Waals surface area contributed by atoms with Gasteiger partial charge < -0.3 is 40.7 Å². The molecule has 3 aliphatic heterocycles. The summed E-state index contributed by atoms with van der Waals surface area (Å²) in [4.78, 5) is 70.7. The molecule has 11 N–H and O–H groups in total. The van der Waals surface area contributed by atoms with E-state index in [1.807, 2.05) is 40.2 Å². The Balaban J connectivity index is 0.000000452. The second kappa shape index (κ2) is 30.1. The lowest BCUT2D eigenvalue weighted by molar-refractivity contribution is -0.145. The van der Waals surface area contributed by atoms with Crippen LogP contribution in [0.5, 0.6) is 0 Å². The van der Waals surface area contributed by atoms with E-state index in [0.717, 1.165) is 62.6 Å². The molecule has 444 valence electrons. The SMILES string of the molecule is C=S(C)c1ncn[nH]1.CC1=C(O)C(C)(C)OC1=O.CN1C(C)(C)C(=O)N(N)S1(=O)=O.CN1CC(=O)/C(=C/O)C1=O.CSc1n[nH]c(=O)[nH]1.Cc1cnc(C)n1O.Cc1cnn(O)c1C.Cc1ncn(O)c1C.Cc1nnn(O)c1C. The molecule has 0 aromatic carbocycles. The molecule has 0 saturated carbocycles. The summed E-state index contributed by atoms with van der Waals surface area (Å²) in [6.07, 6.45) is 10.5. The number of ketones is 1. The number of imidazole rings is 2. The number of aromatic nitrogens is 15. The number of hydrogen-bond acceptors (Lipinski definition) is 24. The number of nitrogens with zero attached hydrogens (tertiary/aromatic N) is 15. The molecule has 36 heteroatoms. The number of Topliss-reactive ketones (excluding diaryl/α,β-unsaturated/α-hetero) is 1. The van der Waals surface area contributed by atoms with Crippen molar-refractivity contribution in [1.82, 2.24) is 88.5 Å². The van der Waals surface area contributed by atoms with E-state index in [1.54, 1.807) is 60.9 Å². The van der Waals surface area contributed by atoms with E-state index >= 15 is 0 Å². The lowest BCUT2D eigenvalue weighted by Gasteiger charge is -2.19. The fourth-order valence-corrected chi connectivity index (χ4v) is 7.40. The average Bonchev–Trinajstić information content (AvgIpc) is 4.33. The van der Waals surface area contributed by atoms with Gasteiger partial charge in [-0.2, -0.15) is 31.7 Å². The number of esters is 1. The Kier molecular flexibility index (Phi) is 26.2. The Labute approximate surface area is 466 Å². The van der Waals surface area contributed by atoms with E-state index in [2.05, 4.69) is 61.6 Å². The Morgan fingerprint density at radius 2 is 1.46 bits per heavy atom. The molecule has 1 atom stereocenters. The number of aryl methyl sites for hydroxylation is 5. The van der Waals surface area contributed by atoms with Crippen LogP contribution in [0, 0.1) is 55.4 Å². The summed E-state index contributed by atoms with van der Waals surface area (Å²) >= 11 is 1.39. The highest BCUT2D eigenvalue weighted by atomic mass is 32.2. The molecule has 2 saturated heterocycles. The quantitative estimate of drug-likeness (QED) is 0.0136. The molecule has 0 aliphatic carbocycles. The zero-order chi connectivity index (χ0) is 61.9. The van der Waals surface area contributed by atoms with Crippen LogP contribution in [0.2, 0.25) is 0 Å². The van der Waals surface area contributed by atoms with Gasteiger partial charge in [0.15, 0.2) is 21.7 Å². The van der Waals surface area contributed by atoms with Gasteiger partial charge in [-0.15, -0.1) is 30.6 Å². The van der Waals surface area contributed by atoms with E-state index in [9.17, 15) is 37.5 Å². The number of hydrazine groups is 1. The first kappa shape index (κ1) is 69.7. The summed E-state index contributed by atoms with van der Waals surface area (Å²) in [5, 5.41) is 77.0. The predicted molar refractivity (Wildman–Crippen MR) is 290 cm³/mol. The van der Waals surface area contributed by atoms with Crippen LogP contribution in [-0.2, 0) is 34.1 Å². The van der Waals surface area contributed by atoms with Crippen molar-refractivity contribution >= 4 is 61.9 Å². The van der Waals surface area contributed by atoms with Crippen LogP contribution in [0.4, 0.5) is 0 Å². The Hall–Kier alpha value is -8.35. The van der Waals surface area contributed by atoms with E-state index < -0.39 is 39.1 Å². The molecule has 80 heavy (non-hydrogen) atoms. The number of carbonyl (C=O) groups is 4. The monoisotopic (exact) mass is 1190 g/mol. The van der Waals surface area contributed by atoms with Crippen LogP contribution in [0.1, 0.15) is 80.2 Å². The van der Waals surface area contributed by atoms with E-state index in [1.165, 1.54) is 57.3 Å². The Bertz CT molecular complexity index is 3040. The number of aliphatic hydroxyl groups is 2. The van der Waals surface area contributed by atoms with E-state index in [4.69, 9.17) is 36.5 Å². The van der Waals surface area contributed by atoms with Crippen LogP contribution in [0.25, 0.3) is 0 Å². The number of hydrogen-bond donors (Lipinski definition) is 10. The van der Waals surface area contributed by atoms with Gasteiger partial charge in [0.05, 0.1) is 64.9 Å². The second-order valence-corrected chi connectivity index (χ2v) is 22.0. The summed E-state index contributed by atoms with van der Waals surface area (Å²) in [6, 6.07) is 0. The molecule has 2 amide bonds. The number of aromatic amines is 3. The number of likely N-dealkylation sites (N-methyl/N-ethyl adjacent to an activating group) is 2. The fraction of sp³-hybridized carbons (Fsp3) is 0.455. The minimum absolute atomic E-state index is 0.0270. The van der Waals surface area contributed by atoms with Gasteiger partial charge in [0, 0.05) is 14.1 Å². The number of carbonyl (C=O) groups excluding carboxylic acids is 4. The molecular formula is C44H71N19O14S3. The maximum absolute atomic E-state index is 11.2. The topological polar surface area (TPSA) is 456 Å². The summed E-state index contributed by atoms with van der Waals surface area (Å²) in [5.74, 6) is 7.74. The Morgan fingerprint density at radius 1 is 0.863 bits per heavy atom. The molecule has 0 spiro atoms. The standard InChI is InChI=1S/C7H10O3.C6H7NO3.C5H11N3O3S.3C5H8N2O.C4H7N3O.C4H7N3S.C3H5N3OS/c1-4-5(8)7(2,3)10-6(4)9;1-7-2-5(9)4(3-8)6(7)10;1-5(2)4(9)8(6)12(10,11)7(5)3;1-4-5(2)7(8)3-6-4;1-4-3-6-5(2)7(4)8;1-4-3-6-7(8)5(4)2;1-3-4(2)7(8)6-5-3;1-8(2)4-5-3-6-7-4;1-8-3-4-2(7)5-6-3/h8H,1-3H3;3,8H,2H2,1H3;6H2,1-3H3;3*3,8H,1-2H3;8H,1-2H3;3H,1H2,2H3,(H,5,6,7);1H3,(H2,4,5,6,7)/b;4-3-;;;;;;;. The molecule has 0 bridgehead atoms. The number of nitrogens with two attached hydrogens (primary N) is 1. The molecule has 6 aromatic rings. The molecule has 3 aliphatic rings. The van der Waals surface area contributed by atoms with Gasteiger partial charge in [-0.1, -0.05) is 22.5 Å². The van der Waals surface area contributed by atoms with Gasteiger partial charge in [0.1, 0.15) is 35.4 Å². The lowest BCUT2D eigenvalue weighted by atomic mass is 10.1. The zero-order valence-electron chi connectivity index (χ0n) is 47.3. The Morgan fingerprint density at radius 3 is 1.61 bits per heavy atom. The third kappa shape index (κ3) is 19.2. The summed E-state index contributed by atoms with van der Waals surface area (Å²) in [5.41, 5.74) is 3.71. The molecule has 0 radical (unpaired) electrons. The van der Waals surface area contributed by atoms with Gasteiger partial charge >= 0.3 is 21.9 Å². The minimum atomic E-state index is -3.77. The highest BCUT2D eigenvalue weighted by Crippen LogP contribution is 2.30. The summed E-state index contributed by atoms with van der Waals surface area (Å²) in [6.45, 7) is 22.4. The molecule has 6 aromatic heterocycles. The van der Waals surface area contributed by atoms with Crippen LogP contribution < -0.4 is 11.5 Å². The first-order valence-corrected chi connectivity index (χ1v) is 27.3. The van der Waals surface area contributed by atoms with Crippen LogP contribution in [0.3, 0.4) is 0 Å². The van der Waals surface area contributed by atoms with Crippen molar-refractivity contribution in [2.24, 2.45) is 5.84 Å². The molecule has 9 rings (SSSR count). The normalized spacial score (nSPS) is 16.2. The largest absolute Gasteiger partial charge is 0.515 e. The first-order valence-electron chi connectivity index (χ1n) is 22.9. The smallest absolute Gasteiger partial charge is 0.341 e. The number of nitrogens with one attached hydrogen (secondary N) is 3. The van der Waals surface area contributed by atoms with Crippen molar-refractivity contribution in [3.63, 3.8) is 0 Å². The van der Waals surface area contributed by atoms with Crippen molar-refractivity contribution in [1.29, 1.82) is 0 Å². The molecule has 33 nitrogen and oxygen atoms in total. The maximum Gasteiger partial charge on any atom is 0.341 e. The average molecular weight is 1190 g/mol. The van der Waals surface area contributed by atoms with Gasteiger partial charge in [-0.25, -0.2) is 35.5 Å². The predicted octanol–water partition coefficient (Wildman–Crippen LogP) is 1.94. The van der Waals surface area contributed by atoms with Crippen molar-refractivity contribution in [3.8, 4) is 0 Å². The van der Waals surface area contributed by atoms with Crippen LogP contribution in [0.15, 0.2) is 63.3 Å². The lowest BCUT2D eigenvalue weighted by Crippen LogP contribution is -2.42. The van der Waals surface area contributed by atoms with E-state index in [-0.39, 0.29) is 44.2 Å². The minimum Gasteiger partial charge on any atom is -0.515 e. The van der Waals surface area contributed by atoms with Crippen molar-refractivity contribution in [2.75, 3.05) is 33.2 Å². The molecule has 9 heterocycles. The highest BCUT2D eigenvalue weighted by molar-refractivity contribution is 8.13. The van der Waals surface area contributed by atoms with Gasteiger partial charge in [0.25, 0.3) is 11.8 Å². The summed E-state index contributed by atoms with van der Waals surface area (Å²) < 4.78 is 30.5. The number of H-pyrrole nitrogens is 3. The zero-order valence-corrected chi connectivity index (χ0v) is 49.7. The molecular weight excluding hydrogens is 1110 g/mol. The third-order valence-corrected chi connectivity index (χ3v) is 14.4. The van der Waals surface area contributed by atoms with Crippen molar-refractivity contribution in [2.45, 2.75) is 111 Å². The number of likely N-dealkylation sites (tertiary alicyclic amines) is 1. The van der Waals surface area contributed by atoms with Crippen LogP contribution >= 0.6 is 22.2 Å². The molecule has 2 fully saturated rings.